The number of aromatic amines is 1. The van der Waals surface area contributed by atoms with Crippen molar-refractivity contribution in [1.29, 1.82) is 0 Å². The van der Waals surface area contributed by atoms with Gasteiger partial charge in [-0.25, -0.2) is 4.98 Å². The monoisotopic (exact) mass is 257 g/mol. The summed E-state index contributed by atoms with van der Waals surface area (Å²) in [7, 11) is 0. The normalized spacial score (nSPS) is 10.7. The van der Waals surface area contributed by atoms with E-state index in [1.807, 2.05) is 36.6 Å². The Morgan fingerprint density at radius 3 is 3.06 bits per heavy atom. The Labute approximate surface area is 108 Å². The largest absolute Gasteiger partial charge is 0.350 e. The van der Waals surface area contributed by atoms with Gasteiger partial charge in [-0.1, -0.05) is 0 Å². The lowest BCUT2D eigenvalue weighted by atomic mass is 10.3. The van der Waals surface area contributed by atoms with E-state index in [0.29, 0.717) is 11.5 Å². The van der Waals surface area contributed by atoms with Crippen molar-refractivity contribution in [2.24, 2.45) is 0 Å². The minimum absolute atomic E-state index is 0.170. The number of thiophene rings is 1. The number of fused-ring (bicyclic) bond motifs is 1. The maximum absolute atomic E-state index is 12.0. The minimum atomic E-state index is -0.170. The summed E-state index contributed by atoms with van der Waals surface area (Å²) in [6.07, 6.45) is 1.68. The predicted molar refractivity (Wildman–Crippen MR) is 73.1 cm³/mol. The highest BCUT2D eigenvalue weighted by Crippen LogP contribution is 2.21. The van der Waals surface area contributed by atoms with Gasteiger partial charge in [0.2, 0.25) is 0 Å². The third-order valence-electron chi connectivity index (χ3n) is 2.64. The van der Waals surface area contributed by atoms with Crippen molar-refractivity contribution in [3.05, 3.63) is 47.1 Å². The third kappa shape index (κ3) is 2.00. The van der Waals surface area contributed by atoms with E-state index < -0.39 is 0 Å². The molecular weight excluding hydrogens is 246 g/mol. The quantitative estimate of drug-likeness (QED) is 0.740. The minimum Gasteiger partial charge on any atom is -0.350 e. The molecule has 5 heteroatoms. The summed E-state index contributed by atoms with van der Waals surface area (Å²) >= 11 is 1.61. The standard InChI is InChI=1S/C13H11N3OS/c1-8-2-4-14-12(6-8)16-13(17)10-7-11-9(15-10)3-5-18-11/h2-7,15H,1H3,(H,14,16,17). The average molecular weight is 257 g/mol. The summed E-state index contributed by atoms with van der Waals surface area (Å²) in [4.78, 5) is 19.2. The van der Waals surface area contributed by atoms with Crippen molar-refractivity contribution in [3.8, 4) is 0 Å². The van der Waals surface area contributed by atoms with Crippen molar-refractivity contribution in [3.63, 3.8) is 0 Å². The summed E-state index contributed by atoms with van der Waals surface area (Å²) < 4.78 is 1.08. The van der Waals surface area contributed by atoms with Gasteiger partial charge >= 0.3 is 0 Å². The van der Waals surface area contributed by atoms with E-state index in [1.54, 1.807) is 17.5 Å². The van der Waals surface area contributed by atoms with Crippen LogP contribution in [0.5, 0.6) is 0 Å². The molecule has 0 bridgehead atoms. The molecule has 0 radical (unpaired) electrons. The summed E-state index contributed by atoms with van der Waals surface area (Å²) in [6.45, 7) is 1.96. The van der Waals surface area contributed by atoms with Crippen LogP contribution in [-0.2, 0) is 0 Å². The lowest BCUT2D eigenvalue weighted by molar-refractivity contribution is 0.102. The van der Waals surface area contributed by atoms with Crippen molar-refractivity contribution in [1.82, 2.24) is 9.97 Å². The second-order valence-corrected chi connectivity index (χ2v) is 5.00. The van der Waals surface area contributed by atoms with Crippen molar-refractivity contribution >= 4 is 33.3 Å². The van der Waals surface area contributed by atoms with Crippen molar-refractivity contribution in [2.75, 3.05) is 5.32 Å². The number of carbonyl (C=O) groups excluding carboxylic acids is 1. The number of H-pyrrole nitrogens is 1. The summed E-state index contributed by atoms with van der Waals surface area (Å²) in [6, 6.07) is 7.54. The first-order valence-electron chi connectivity index (χ1n) is 5.52. The molecule has 0 fully saturated rings. The fourth-order valence-electron chi connectivity index (χ4n) is 1.76. The maximum atomic E-state index is 12.0. The molecule has 0 saturated heterocycles. The van der Waals surface area contributed by atoms with Crippen LogP contribution < -0.4 is 5.32 Å². The lowest BCUT2D eigenvalue weighted by Gasteiger charge is -2.03. The summed E-state index contributed by atoms with van der Waals surface area (Å²) in [5.41, 5.74) is 2.61. The SMILES string of the molecule is Cc1ccnc(NC(=O)c2cc3sccc3[nH]2)c1. The number of nitrogens with zero attached hydrogens (tertiary/aromatic N) is 1. The van der Waals surface area contributed by atoms with Crippen LogP contribution in [0.25, 0.3) is 10.2 Å². The lowest BCUT2D eigenvalue weighted by Crippen LogP contribution is -2.13. The van der Waals surface area contributed by atoms with Gasteiger partial charge < -0.3 is 10.3 Å². The summed E-state index contributed by atoms with van der Waals surface area (Å²) in [5, 5.41) is 4.76. The highest BCUT2D eigenvalue weighted by Gasteiger charge is 2.10. The molecule has 3 aromatic heterocycles. The van der Waals surface area contributed by atoms with Gasteiger partial charge in [-0.15, -0.1) is 11.3 Å². The van der Waals surface area contributed by atoms with E-state index in [9.17, 15) is 4.79 Å². The van der Waals surface area contributed by atoms with Crippen LogP contribution in [0.4, 0.5) is 5.82 Å². The Hall–Kier alpha value is -2.14. The summed E-state index contributed by atoms with van der Waals surface area (Å²) in [5.74, 6) is 0.398. The van der Waals surface area contributed by atoms with Gasteiger partial charge in [0.05, 0.1) is 10.2 Å². The van der Waals surface area contributed by atoms with Gasteiger partial charge in [-0.3, -0.25) is 4.79 Å². The smallest absolute Gasteiger partial charge is 0.273 e. The Balaban J connectivity index is 1.85. The zero-order valence-corrected chi connectivity index (χ0v) is 10.5. The van der Waals surface area contributed by atoms with Gasteiger partial charge in [-0.2, -0.15) is 0 Å². The third-order valence-corrected chi connectivity index (χ3v) is 3.51. The Morgan fingerprint density at radius 1 is 1.39 bits per heavy atom. The first kappa shape index (κ1) is 11.0. The number of amides is 1. The van der Waals surface area contributed by atoms with E-state index in [1.165, 1.54) is 0 Å². The fraction of sp³-hybridized carbons (Fsp3) is 0.0769. The highest BCUT2D eigenvalue weighted by molar-refractivity contribution is 7.17. The number of rotatable bonds is 2. The Morgan fingerprint density at radius 2 is 2.28 bits per heavy atom. The molecule has 2 N–H and O–H groups in total. The van der Waals surface area contributed by atoms with Crippen LogP contribution in [0.3, 0.4) is 0 Å². The number of hydrogen-bond acceptors (Lipinski definition) is 3. The van der Waals surface area contributed by atoms with E-state index in [-0.39, 0.29) is 5.91 Å². The number of anilines is 1. The molecule has 4 nitrogen and oxygen atoms in total. The molecule has 18 heavy (non-hydrogen) atoms. The first-order chi connectivity index (χ1) is 8.72. The molecule has 90 valence electrons. The molecule has 0 aliphatic heterocycles. The molecule has 1 amide bonds. The van der Waals surface area contributed by atoms with Gasteiger partial charge in [0, 0.05) is 6.20 Å². The average Bonchev–Trinajstić information content (AvgIpc) is 2.88. The number of nitrogens with one attached hydrogen (secondary N) is 2. The first-order valence-corrected chi connectivity index (χ1v) is 6.40. The van der Waals surface area contributed by atoms with E-state index in [4.69, 9.17) is 0 Å². The van der Waals surface area contributed by atoms with Gasteiger partial charge in [-0.05, 0) is 42.1 Å². The molecule has 0 saturated carbocycles. The van der Waals surface area contributed by atoms with Gasteiger partial charge in [0.1, 0.15) is 11.5 Å². The van der Waals surface area contributed by atoms with E-state index in [2.05, 4.69) is 15.3 Å². The molecule has 0 aliphatic rings. The number of aryl methyl sites for hydroxylation is 1. The molecule has 3 rings (SSSR count). The van der Waals surface area contributed by atoms with Crippen LogP contribution in [0.2, 0.25) is 0 Å². The van der Waals surface area contributed by atoms with Crippen molar-refractivity contribution < 1.29 is 4.79 Å². The zero-order valence-electron chi connectivity index (χ0n) is 9.73. The molecule has 3 aromatic rings. The van der Waals surface area contributed by atoms with Crippen LogP contribution in [0.1, 0.15) is 16.1 Å². The molecule has 3 heterocycles. The molecule has 0 spiro atoms. The zero-order chi connectivity index (χ0) is 12.5. The number of aromatic nitrogens is 2. The molecule has 0 atom stereocenters. The van der Waals surface area contributed by atoms with Crippen LogP contribution in [0.15, 0.2) is 35.8 Å². The van der Waals surface area contributed by atoms with Crippen LogP contribution in [-0.4, -0.2) is 15.9 Å². The maximum Gasteiger partial charge on any atom is 0.273 e. The van der Waals surface area contributed by atoms with Gasteiger partial charge in [0.25, 0.3) is 5.91 Å². The second-order valence-electron chi connectivity index (χ2n) is 4.05. The Kier molecular flexibility index (Phi) is 2.60. The predicted octanol–water partition coefficient (Wildman–Crippen LogP) is 3.19. The number of carbonyl (C=O) groups is 1. The van der Waals surface area contributed by atoms with E-state index in [0.717, 1.165) is 15.8 Å². The molecule has 0 unspecified atom stereocenters. The fourth-order valence-corrected chi connectivity index (χ4v) is 2.54. The number of hydrogen-bond donors (Lipinski definition) is 2. The van der Waals surface area contributed by atoms with Gasteiger partial charge in [0.15, 0.2) is 0 Å². The number of pyridine rings is 1. The topological polar surface area (TPSA) is 57.8 Å². The molecular formula is C13H11N3OS. The highest BCUT2D eigenvalue weighted by atomic mass is 32.1. The van der Waals surface area contributed by atoms with Crippen LogP contribution >= 0.6 is 11.3 Å². The Bertz CT molecular complexity index is 685. The van der Waals surface area contributed by atoms with Crippen LogP contribution in [0, 0.1) is 6.92 Å². The second kappa shape index (κ2) is 4.27. The van der Waals surface area contributed by atoms with Crippen molar-refractivity contribution in [2.45, 2.75) is 6.92 Å². The molecule has 0 aromatic carbocycles. The molecule has 0 aliphatic carbocycles. The van der Waals surface area contributed by atoms with E-state index >= 15 is 0 Å².